The first kappa shape index (κ1) is 14.6. The van der Waals surface area contributed by atoms with Crippen molar-refractivity contribution in [3.63, 3.8) is 0 Å². The normalized spacial score (nSPS) is 14.2. The summed E-state index contributed by atoms with van der Waals surface area (Å²) >= 11 is 0. The van der Waals surface area contributed by atoms with Gasteiger partial charge in [0.05, 0.1) is 6.54 Å². The third-order valence-electron chi connectivity index (χ3n) is 2.99. The predicted molar refractivity (Wildman–Crippen MR) is 79.9 cm³/mol. The van der Waals surface area contributed by atoms with Crippen LogP contribution in [-0.4, -0.2) is 35.0 Å². The Hall–Kier alpha value is -1.85. The summed E-state index contributed by atoms with van der Waals surface area (Å²) in [5, 5.41) is 9.19. The lowest BCUT2D eigenvalue weighted by Gasteiger charge is -2.12. The third kappa shape index (κ3) is 4.36. The van der Waals surface area contributed by atoms with Gasteiger partial charge in [0, 0.05) is 24.6 Å². The van der Waals surface area contributed by atoms with Gasteiger partial charge < -0.3 is 16.0 Å². The Morgan fingerprint density at radius 3 is 2.50 bits per heavy atom. The molecule has 1 amide bonds. The van der Waals surface area contributed by atoms with Gasteiger partial charge in [-0.05, 0) is 19.8 Å². The summed E-state index contributed by atoms with van der Waals surface area (Å²) in [5.74, 6) is 2.51. The molecule has 0 radical (unpaired) electrons. The number of anilines is 2. The van der Waals surface area contributed by atoms with Crippen LogP contribution in [0, 0.1) is 0 Å². The van der Waals surface area contributed by atoms with Crippen LogP contribution in [0.2, 0.25) is 0 Å². The van der Waals surface area contributed by atoms with Crippen LogP contribution >= 0.6 is 0 Å². The zero-order valence-electron chi connectivity index (χ0n) is 12.4. The molecule has 0 spiro atoms. The van der Waals surface area contributed by atoms with E-state index in [9.17, 15) is 4.79 Å². The molecule has 0 unspecified atom stereocenters. The van der Waals surface area contributed by atoms with Crippen molar-refractivity contribution >= 4 is 17.5 Å². The maximum absolute atomic E-state index is 11.7. The van der Waals surface area contributed by atoms with Gasteiger partial charge in [-0.25, -0.2) is 9.97 Å². The zero-order chi connectivity index (χ0) is 14.5. The molecule has 3 N–H and O–H groups in total. The third-order valence-corrected chi connectivity index (χ3v) is 2.99. The quantitative estimate of drug-likeness (QED) is 0.707. The van der Waals surface area contributed by atoms with E-state index in [0.717, 1.165) is 31.0 Å². The van der Waals surface area contributed by atoms with E-state index in [1.54, 1.807) is 0 Å². The highest BCUT2D eigenvalue weighted by Crippen LogP contribution is 2.19. The molecule has 6 nitrogen and oxygen atoms in total. The molecule has 20 heavy (non-hydrogen) atoms. The van der Waals surface area contributed by atoms with E-state index in [1.807, 2.05) is 13.0 Å². The molecule has 0 bridgehead atoms. The van der Waals surface area contributed by atoms with E-state index >= 15 is 0 Å². The molecule has 2 rings (SSSR count). The van der Waals surface area contributed by atoms with Gasteiger partial charge in [-0.3, -0.25) is 4.79 Å². The Kier molecular flexibility index (Phi) is 4.76. The Morgan fingerprint density at radius 1 is 1.30 bits per heavy atom. The highest BCUT2D eigenvalue weighted by atomic mass is 16.2. The van der Waals surface area contributed by atoms with E-state index in [1.165, 1.54) is 0 Å². The largest absolute Gasteiger partial charge is 0.370 e. The SMILES string of the molecule is CCNc1cc(NCC(=O)NC2CC2)nc(C(C)C)n1. The maximum atomic E-state index is 11.7. The lowest BCUT2D eigenvalue weighted by molar-refractivity contribution is -0.119. The van der Waals surface area contributed by atoms with E-state index in [0.29, 0.717) is 11.9 Å². The minimum absolute atomic E-state index is 0.0159. The molecule has 0 saturated heterocycles. The molecule has 0 aromatic carbocycles. The summed E-state index contributed by atoms with van der Waals surface area (Å²) in [7, 11) is 0. The van der Waals surface area contributed by atoms with Crippen LogP contribution in [0.3, 0.4) is 0 Å². The minimum Gasteiger partial charge on any atom is -0.370 e. The van der Waals surface area contributed by atoms with Crippen LogP contribution in [0.15, 0.2) is 6.07 Å². The Balaban J connectivity index is 1.99. The second-order valence-electron chi connectivity index (χ2n) is 5.38. The predicted octanol–water partition coefficient (Wildman–Crippen LogP) is 1.72. The van der Waals surface area contributed by atoms with Crippen molar-refractivity contribution in [2.75, 3.05) is 23.7 Å². The van der Waals surface area contributed by atoms with Crippen LogP contribution < -0.4 is 16.0 Å². The van der Waals surface area contributed by atoms with Crippen molar-refractivity contribution in [3.8, 4) is 0 Å². The van der Waals surface area contributed by atoms with E-state index in [2.05, 4.69) is 39.8 Å². The van der Waals surface area contributed by atoms with Gasteiger partial charge in [0.15, 0.2) is 0 Å². The van der Waals surface area contributed by atoms with Crippen molar-refractivity contribution < 1.29 is 4.79 Å². The summed E-state index contributed by atoms with van der Waals surface area (Å²) in [6.45, 7) is 7.17. The van der Waals surface area contributed by atoms with Gasteiger partial charge in [0.1, 0.15) is 17.5 Å². The second-order valence-corrected chi connectivity index (χ2v) is 5.38. The first-order valence-electron chi connectivity index (χ1n) is 7.24. The average Bonchev–Trinajstić information content (AvgIpc) is 3.20. The maximum Gasteiger partial charge on any atom is 0.239 e. The van der Waals surface area contributed by atoms with Crippen molar-refractivity contribution in [3.05, 3.63) is 11.9 Å². The summed E-state index contributed by atoms with van der Waals surface area (Å²) in [4.78, 5) is 20.5. The molecule has 0 aliphatic heterocycles. The number of nitrogens with one attached hydrogen (secondary N) is 3. The number of amides is 1. The number of carbonyl (C=O) groups is 1. The van der Waals surface area contributed by atoms with E-state index in [4.69, 9.17) is 0 Å². The van der Waals surface area contributed by atoms with Crippen LogP contribution in [0.1, 0.15) is 45.4 Å². The highest BCUT2D eigenvalue weighted by molar-refractivity contribution is 5.81. The van der Waals surface area contributed by atoms with Crippen molar-refractivity contribution in [1.29, 1.82) is 0 Å². The molecule has 1 saturated carbocycles. The first-order valence-corrected chi connectivity index (χ1v) is 7.24. The number of hydrogen-bond donors (Lipinski definition) is 3. The van der Waals surface area contributed by atoms with Crippen LogP contribution in [0.5, 0.6) is 0 Å². The summed E-state index contributed by atoms with van der Waals surface area (Å²) in [6.07, 6.45) is 2.20. The molecule has 1 aliphatic rings. The molecule has 1 aromatic heterocycles. The van der Waals surface area contributed by atoms with Gasteiger partial charge >= 0.3 is 0 Å². The topological polar surface area (TPSA) is 78.9 Å². The first-order chi connectivity index (χ1) is 9.58. The number of rotatable bonds is 7. The number of nitrogens with zero attached hydrogens (tertiary/aromatic N) is 2. The fourth-order valence-electron chi connectivity index (χ4n) is 1.76. The fraction of sp³-hybridized carbons (Fsp3) is 0.643. The smallest absolute Gasteiger partial charge is 0.239 e. The monoisotopic (exact) mass is 277 g/mol. The van der Waals surface area contributed by atoms with E-state index < -0.39 is 0 Å². The van der Waals surface area contributed by atoms with Gasteiger partial charge in [-0.2, -0.15) is 0 Å². The Morgan fingerprint density at radius 2 is 1.95 bits per heavy atom. The molecule has 110 valence electrons. The number of carbonyl (C=O) groups excluding carboxylic acids is 1. The number of hydrogen-bond acceptors (Lipinski definition) is 5. The number of aromatic nitrogens is 2. The summed E-state index contributed by atoms with van der Waals surface area (Å²) in [6, 6.07) is 2.22. The Labute approximate surface area is 119 Å². The molecule has 6 heteroatoms. The van der Waals surface area contributed by atoms with Crippen molar-refractivity contribution in [2.45, 2.75) is 45.6 Å². The van der Waals surface area contributed by atoms with Crippen molar-refractivity contribution in [2.24, 2.45) is 0 Å². The second kappa shape index (κ2) is 6.54. The van der Waals surface area contributed by atoms with Gasteiger partial charge in [0.25, 0.3) is 0 Å². The summed E-state index contributed by atoms with van der Waals surface area (Å²) < 4.78 is 0. The van der Waals surface area contributed by atoms with Gasteiger partial charge in [-0.15, -0.1) is 0 Å². The average molecular weight is 277 g/mol. The lowest BCUT2D eigenvalue weighted by Crippen LogP contribution is -2.31. The van der Waals surface area contributed by atoms with E-state index in [-0.39, 0.29) is 18.4 Å². The molecule has 1 fully saturated rings. The summed E-state index contributed by atoms with van der Waals surface area (Å²) in [5.41, 5.74) is 0. The van der Waals surface area contributed by atoms with Crippen molar-refractivity contribution in [1.82, 2.24) is 15.3 Å². The standard InChI is InChI=1S/C14H23N5O/c1-4-15-11-7-12(19-14(18-11)9(2)3)16-8-13(20)17-10-5-6-10/h7,9-10H,4-6,8H2,1-3H3,(H,17,20)(H2,15,16,18,19). The molecule has 1 heterocycles. The van der Waals surface area contributed by atoms with Crippen LogP contribution in [0.25, 0.3) is 0 Å². The van der Waals surface area contributed by atoms with Gasteiger partial charge in [-0.1, -0.05) is 13.8 Å². The molecular formula is C14H23N5O. The van der Waals surface area contributed by atoms with Crippen LogP contribution in [0.4, 0.5) is 11.6 Å². The molecule has 1 aliphatic carbocycles. The van der Waals surface area contributed by atoms with Crippen LogP contribution in [-0.2, 0) is 4.79 Å². The van der Waals surface area contributed by atoms with Gasteiger partial charge in [0.2, 0.25) is 5.91 Å². The highest BCUT2D eigenvalue weighted by Gasteiger charge is 2.22. The molecular weight excluding hydrogens is 254 g/mol. The lowest BCUT2D eigenvalue weighted by atomic mass is 10.2. The Bertz CT molecular complexity index is 471. The fourth-order valence-corrected chi connectivity index (χ4v) is 1.76. The zero-order valence-corrected chi connectivity index (χ0v) is 12.4. The molecule has 1 aromatic rings. The minimum atomic E-state index is 0.0159. The molecule has 0 atom stereocenters.